The van der Waals surface area contributed by atoms with Gasteiger partial charge in [-0.3, -0.25) is 9.69 Å². The number of amides is 2. The molecule has 5 heteroatoms. The normalized spacial score (nSPS) is 12.9. The van der Waals surface area contributed by atoms with Crippen LogP contribution in [-0.2, 0) is 9.53 Å². The molecular weight excluding hydrogens is 246 g/mol. The average molecular weight is 273 g/mol. The number of hydrogen-bond acceptors (Lipinski definition) is 3. The average Bonchev–Trinajstić information content (AvgIpc) is 2.33. The van der Waals surface area contributed by atoms with Gasteiger partial charge in [-0.2, -0.15) is 0 Å². The molecule has 0 radical (unpaired) electrons. The van der Waals surface area contributed by atoms with Crippen LogP contribution in [0.5, 0.6) is 0 Å². The zero-order valence-corrected chi connectivity index (χ0v) is 13.4. The Kier molecular flexibility index (Phi) is 7.90. The van der Waals surface area contributed by atoms with Gasteiger partial charge in [0.15, 0.2) is 0 Å². The van der Waals surface area contributed by atoms with Crippen molar-refractivity contribution in [1.29, 1.82) is 0 Å². The molecule has 0 saturated heterocycles. The summed E-state index contributed by atoms with van der Waals surface area (Å²) in [6, 6.07) is 1.15. The molecule has 0 aliphatic rings. The predicted octanol–water partition coefficient (Wildman–Crippen LogP) is 3.43. The van der Waals surface area contributed by atoms with Gasteiger partial charge in [-0.05, 0) is 13.3 Å². The zero-order chi connectivity index (χ0) is 14.2. The standard InChI is InChI=1S/C13H27NO3Si/c1-6-8-10-18(4,5)12(3)17-13(16)14(11-15)9-7-2/h11-12H,6-10H2,1-5H3. The molecule has 0 heterocycles. The fourth-order valence-electron chi connectivity index (χ4n) is 1.64. The van der Waals surface area contributed by atoms with Gasteiger partial charge < -0.3 is 4.74 Å². The van der Waals surface area contributed by atoms with E-state index in [4.69, 9.17) is 4.74 Å². The largest absolute Gasteiger partial charge is 0.450 e. The zero-order valence-electron chi connectivity index (χ0n) is 12.4. The lowest BCUT2D eigenvalue weighted by atomic mass is 10.4. The van der Waals surface area contributed by atoms with Gasteiger partial charge in [-0.1, -0.05) is 45.8 Å². The Labute approximate surface area is 112 Å². The number of carbonyl (C=O) groups excluding carboxylic acids is 2. The summed E-state index contributed by atoms with van der Waals surface area (Å²) in [7, 11) is -1.56. The number of ether oxygens (including phenoxy) is 1. The van der Waals surface area contributed by atoms with E-state index >= 15 is 0 Å². The highest BCUT2D eigenvalue weighted by Crippen LogP contribution is 2.20. The summed E-state index contributed by atoms with van der Waals surface area (Å²) in [4.78, 5) is 23.7. The van der Waals surface area contributed by atoms with Gasteiger partial charge in [-0.15, -0.1) is 0 Å². The molecule has 0 aliphatic carbocycles. The van der Waals surface area contributed by atoms with Crippen molar-refractivity contribution in [3.05, 3.63) is 0 Å². The Morgan fingerprint density at radius 3 is 2.39 bits per heavy atom. The Balaban J connectivity index is 4.39. The van der Waals surface area contributed by atoms with Crippen LogP contribution < -0.4 is 0 Å². The summed E-state index contributed by atoms with van der Waals surface area (Å²) in [5.41, 5.74) is -0.0594. The third-order valence-corrected chi connectivity index (χ3v) is 7.34. The van der Waals surface area contributed by atoms with Crippen LogP contribution in [0, 0.1) is 0 Å². The number of hydrogen-bond donors (Lipinski definition) is 0. The maximum absolute atomic E-state index is 11.8. The van der Waals surface area contributed by atoms with Crippen LogP contribution in [0.25, 0.3) is 0 Å². The summed E-state index contributed by atoms with van der Waals surface area (Å²) < 4.78 is 5.44. The second-order valence-electron chi connectivity index (χ2n) is 5.42. The SMILES string of the molecule is CCCC[Si](C)(C)C(C)OC(=O)N(C=O)CCC. The lowest BCUT2D eigenvalue weighted by Crippen LogP contribution is -2.45. The van der Waals surface area contributed by atoms with Gasteiger partial charge in [0.05, 0.1) is 13.8 Å². The molecule has 1 unspecified atom stereocenters. The van der Waals surface area contributed by atoms with Gasteiger partial charge in [0.25, 0.3) is 0 Å². The van der Waals surface area contributed by atoms with E-state index in [2.05, 4.69) is 20.0 Å². The highest BCUT2D eigenvalue weighted by molar-refractivity contribution is 6.78. The molecule has 0 fully saturated rings. The highest BCUT2D eigenvalue weighted by Gasteiger charge is 2.31. The summed E-state index contributed by atoms with van der Waals surface area (Å²) >= 11 is 0. The van der Waals surface area contributed by atoms with E-state index in [0.29, 0.717) is 13.0 Å². The highest BCUT2D eigenvalue weighted by atomic mass is 28.3. The van der Waals surface area contributed by atoms with Gasteiger partial charge >= 0.3 is 6.09 Å². The first-order valence-electron chi connectivity index (χ1n) is 6.81. The predicted molar refractivity (Wildman–Crippen MR) is 76.2 cm³/mol. The van der Waals surface area contributed by atoms with Crippen LogP contribution in [0.2, 0.25) is 19.1 Å². The molecule has 0 aromatic carbocycles. The smallest absolute Gasteiger partial charge is 0.416 e. The van der Waals surface area contributed by atoms with Crippen molar-refractivity contribution in [1.82, 2.24) is 4.90 Å². The maximum atomic E-state index is 11.8. The van der Waals surface area contributed by atoms with E-state index in [1.54, 1.807) is 0 Å². The van der Waals surface area contributed by atoms with Crippen molar-refractivity contribution >= 4 is 20.6 Å². The van der Waals surface area contributed by atoms with Crippen molar-refractivity contribution in [3.63, 3.8) is 0 Å². The van der Waals surface area contributed by atoms with E-state index in [9.17, 15) is 9.59 Å². The van der Waals surface area contributed by atoms with Crippen molar-refractivity contribution in [2.75, 3.05) is 6.54 Å². The van der Waals surface area contributed by atoms with Gasteiger partial charge in [0.2, 0.25) is 6.41 Å². The van der Waals surface area contributed by atoms with Crippen LogP contribution in [0.3, 0.4) is 0 Å². The molecule has 0 rings (SSSR count). The number of unbranched alkanes of at least 4 members (excludes halogenated alkanes) is 1. The monoisotopic (exact) mass is 273 g/mol. The molecule has 1 atom stereocenters. The van der Waals surface area contributed by atoms with Crippen molar-refractivity contribution in [2.24, 2.45) is 0 Å². The van der Waals surface area contributed by atoms with Crippen molar-refractivity contribution in [3.8, 4) is 0 Å². The van der Waals surface area contributed by atoms with Crippen molar-refractivity contribution < 1.29 is 14.3 Å². The van der Waals surface area contributed by atoms with E-state index in [-0.39, 0.29) is 5.73 Å². The Morgan fingerprint density at radius 2 is 1.94 bits per heavy atom. The summed E-state index contributed by atoms with van der Waals surface area (Å²) in [6.07, 6.45) is 3.13. The molecule has 0 aromatic heterocycles. The van der Waals surface area contributed by atoms with Crippen molar-refractivity contribution in [2.45, 2.75) is 64.9 Å². The minimum absolute atomic E-state index is 0.0594. The van der Waals surface area contributed by atoms with Crippen LogP contribution >= 0.6 is 0 Å². The third kappa shape index (κ3) is 5.66. The summed E-state index contributed by atoms with van der Waals surface area (Å²) in [6.45, 7) is 10.9. The molecule has 0 aliphatic heterocycles. The summed E-state index contributed by atoms with van der Waals surface area (Å²) in [5.74, 6) is 0. The van der Waals surface area contributed by atoms with E-state index in [1.807, 2.05) is 13.8 Å². The Hall–Kier alpha value is -0.843. The minimum Gasteiger partial charge on any atom is -0.450 e. The second kappa shape index (κ2) is 8.29. The Morgan fingerprint density at radius 1 is 1.33 bits per heavy atom. The first-order chi connectivity index (χ1) is 8.38. The van der Waals surface area contributed by atoms with Crippen LogP contribution in [0.1, 0.15) is 40.0 Å². The minimum atomic E-state index is -1.56. The van der Waals surface area contributed by atoms with E-state index in [0.717, 1.165) is 23.8 Å². The molecule has 2 amide bonds. The van der Waals surface area contributed by atoms with Gasteiger partial charge in [-0.25, -0.2) is 4.79 Å². The van der Waals surface area contributed by atoms with Crippen LogP contribution in [0.4, 0.5) is 4.79 Å². The lowest BCUT2D eigenvalue weighted by molar-refractivity contribution is -0.116. The number of carbonyl (C=O) groups is 2. The third-order valence-electron chi connectivity index (χ3n) is 3.38. The van der Waals surface area contributed by atoms with Gasteiger partial charge in [0.1, 0.15) is 0 Å². The molecular formula is C13H27NO3Si. The number of rotatable bonds is 8. The Bertz CT molecular complexity index is 269. The topological polar surface area (TPSA) is 46.6 Å². The quantitative estimate of drug-likeness (QED) is 0.503. The molecule has 0 bridgehead atoms. The maximum Gasteiger partial charge on any atom is 0.416 e. The van der Waals surface area contributed by atoms with E-state index in [1.165, 1.54) is 6.42 Å². The first kappa shape index (κ1) is 17.2. The summed E-state index contributed by atoms with van der Waals surface area (Å²) in [5, 5.41) is 0. The lowest BCUT2D eigenvalue weighted by Gasteiger charge is -2.30. The van der Waals surface area contributed by atoms with E-state index < -0.39 is 14.2 Å². The molecule has 4 nitrogen and oxygen atoms in total. The second-order valence-corrected chi connectivity index (χ2v) is 10.7. The fourth-order valence-corrected chi connectivity index (χ4v) is 3.73. The number of nitrogens with zero attached hydrogens (tertiary/aromatic N) is 1. The molecule has 0 N–H and O–H groups in total. The number of imide groups is 1. The molecule has 18 heavy (non-hydrogen) atoms. The molecule has 0 aromatic rings. The van der Waals surface area contributed by atoms with Gasteiger partial charge in [0, 0.05) is 6.54 Å². The fraction of sp³-hybridized carbons (Fsp3) is 0.846. The van der Waals surface area contributed by atoms with Crippen LogP contribution in [-0.4, -0.2) is 37.7 Å². The molecule has 0 spiro atoms. The van der Waals surface area contributed by atoms with Crippen LogP contribution in [0.15, 0.2) is 0 Å². The first-order valence-corrected chi connectivity index (χ1v) is 10.1. The molecule has 0 saturated carbocycles. The molecule has 106 valence electrons.